The Balaban J connectivity index is 1.76. The van der Waals surface area contributed by atoms with E-state index in [0.29, 0.717) is 38.7 Å². The average molecular weight is 491 g/mol. The van der Waals surface area contributed by atoms with Crippen LogP contribution < -0.4 is 5.32 Å². The fraction of sp³-hybridized carbons (Fsp3) is 0.259. The lowest BCUT2D eigenvalue weighted by Gasteiger charge is -2.19. The second kappa shape index (κ2) is 10.3. The van der Waals surface area contributed by atoms with E-state index >= 15 is 0 Å². The molecule has 0 saturated carbocycles. The quantitative estimate of drug-likeness (QED) is 0.349. The van der Waals surface area contributed by atoms with Gasteiger partial charge in [0.1, 0.15) is 0 Å². The number of hydrogen-bond acceptors (Lipinski definition) is 5. The number of nitrogens with zero attached hydrogens (tertiary/aromatic N) is 3. The summed E-state index contributed by atoms with van der Waals surface area (Å²) in [6.45, 7) is 7.68. The fourth-order valence-corrected chi connectivity index (χ4v) is 4.27. The number of para-hydroxylation sites is 1. The van der Waals surface area contributed by atoms with Crippen molar-refractivity contribution in [1.82, 2.24) is 20.1 Å². The van der Waals surface area contributed by atoms with Crippen molar-refractivity contribution in [1.29, 1.82) is 0 Å². The van der Waals surface area contributed by atoms with Crippen LogP contribution in [0.2, 0.25) is 5.02 Å². The lowest BCUT2D eigenvalue weighted by molar-refractivity contribution is -0.143. The number of amides is 1. The van der Waals surface area contributed by atoms with E-state index in [1.54, 1.807) is 23.7 Å². The maximum Gasteiger partial charge on any atom is 0.308 e. The summed E-state index contributed by atoms with van der Waals surface area (Å²) in [5.74, 6) is -0.700. The summed E-state index contributed by atoms with van der Waals surface area (Å²) < 4.78 is 6.81. The first kappa shape index (κ1) is 24.4. The van der Waals surface area contributed by atoms with Gasteiger partial charge in [0.25, 0.3) is 5.91 Å². The summed E-state index contributed by atoms with van der Waals surface area (Å²) in [5.41, 5.74) is 4.87. The highest BCUT2D eigenvalue weighted by Crippen LogP contribution is 2.29. The molecular formula is C27H27ClN4O3. The molecule has 0 aliphatic heterocycles. The Morgan fingerprint density at radius 1 is 1.09 bits per heavy atom. The minimum atomic E-state index is -0.551. The maximum atomic E-state index is 13.6. The van der Waals surface area contributed by atoms with E-state index in [-0.39, 0.29) is 24.9 Å². The van der Waals surface area contributed by atoms with Crippen LogP contribution in [0.5, 0.6) is 0 Å². The van der Waals surface area contributed by atoms with E-state index in [0.717, 1.165) is 11.1 Å². The molecule has 0 spiro atoms. The van der Waals surface area contributed by atoms with Gasteiger partial charge in [-0.05, 0) is 51.5 Å². The fourth-order valence-electron chi connectivity index (χ4n) is 4.06. The molecule has 0 saturated heterocycles. The highest BCUT2D eigenvalue weighted by atomic mass is 35.5. The molecule has 4 rings (SSSR count). The maximum absolute atomic E-state index is 13.6. The second-order valence-corrected chi connectivity index (χ2v) is 8.81. The van der Waals surface area contributed by atoms with Crippen molar-refractivity contribution < 1.29 is 14.3 Å². The molecule has 0 aliphatic rings. The molecule has 0 fully saturated rings. The minimum absolute atomic E-state index is 0.0215. The van der Waals surface area contributed by atoms with Crippen molar-refractivity contribution in [2.45, 2.75) is 40.2 Å². The van der Waals surface area contributed by atoms with Crippen molar-refractivity contribution in [2.24, 2.45) is 0 Å². The molecule has 2 heterocycles. The van der Waals surface area contributed by atoms with E-state index in [1.807, 2.05) is 63.2 Å². The van der Waals surface area contributed by atoms with Gasteiger partial charge in [0.15, 0.2) is 5.65 Å². The van der Waals surface area contributed by atoms with Crippen LogP contribution in [-0.4, -0.2) is 33.2 Å². The molecule has 0 unspecified atom stereocenters. The third kappa shape index (κ3) is 5.20. The molecule has 2 aromatic carbocycles. The van der Waals surface area contributed by atoms with E-state index in [4.69, 9.17) is 16.3 Å². The number of carbonyl (C=O) groups excluding carboxylic acids is 2. The number of benzene rings is 2. The first-order valence-electron chi connectivity index (χ1n) is 11.4. The third-order valence-electron chi connectivity index (χ3n) is 5.73. The van der Waals surface area contributed by atoms with E-state index in [9.17, 15) is 9.59 Å². The predicted octanol–water partition coefficient (Wildman–Crippen LogP) is 5.42. The van der Waals surface area contributed by atoms with E-state index < -0.39 is 6.04 Å². The summed E-state index contributed by atoms with van der Waals surface area (Å²) in [4.78, 5) is 30.6. The van der Waals surface area contributed by atoms with Crippen LogP contribution in [0.15, 0.2) is 54.6 Å². The van der Waals surface area contributed by atoms with Gasteiger partial charge in [-0.15, -0.1) is 0 Å². The van der Waals surface area contributed by atoms with Crippen LogP contribution in [0.25, 0.3) is 16.7 Å². The molecule has 0 bridgehead atoms. The first-order chi connectivity index (χ1) is 16.8. The molecule has 4 aromatic rings. The zero-order valence-corrected chi connectivity index (χ0v) is 20.9. The number of pyridine rings is 1. The van der Waals surface area contributed by atoms with Gasteiger partial charge in [-0.25, -0.2) is 9.67 Å². The van der Waals surface area contributed by atoms with Gasteiger partial charge >= 0.3 is 5.97 Å². The number of fused-ring (bicyclic) bond motifs is 1. The average Bonchev–Trinajstić information content (AvgIpc) is 3.14. The highest BCUT2D eigenvalue weighted by molar-refractivity contribution is 6.32. The van der Waals surface area contributed by atoms with Gasteiger partial charge < -0.3 is 10.1 Å². The molecule has 35 heavy (non-hydrogen) atoms. The molecule has 8 heteroatoms. The number of rotatable bonds is 7. The molecule has 180 valence electrons. The SMILES string of the molecule is CCOC(=O)C[C@@H](NC(=O)c1cc(C)nc2c1c(C)nn2-c1ccccc1Cl)c1ccc(C)cc1. The lowest BCUT2D eigenvalue weighted by atomic mass is 10.0. The molecule has 0 aliphatic carbocycles. The van der Waals surface area contributed by atoms with Crippen LogP contribution in [0.1, 0.15) is 52.3 Å². The van der Waals surface area contributed by atoms with Crippen molar-refractivity contribution in [2.75, 3.05) is 6.61 Å². The van der Waals surface area contributed by atoms with Gasteiger partial charge in [0.05, 0.1) is 46.4 Å². The Labute approximate surface area is 209 Å². The van der Waals surface area contributed by atoms with Gasteiger partial charge in [0, 0.05) is 5.69 Å². The third-order valence-corrected chi connectivity index (χ3v) is 6.05. The Hall–Kier alpha value is -3.71. The number of hydrogen-bond donors (Lipinski definition) is 1. The second-order valence-electron chi connectivity index (χ2n) is 8.40. The summed E-state index contributed by atoms with van der Waals surface area (Å²) >= 11 is 6.42. The van der Waals surface area contributed by atoms with Crippen LogP contribution in [-0.2, 0) is 9.53 Å². The molecule has 0 radical (unpaired) electrons. The number of esters is 1. The van der Waals surface area contributed by atoms with Crippen LogP contribution in [0.4, 0.5) is 0 Å². The summed E-state index contributed by atoms with van der Waals surface area (Å²) in [7, 11) is 0. The van der Waals surface area contributed by atoms with Crippen LogP contribution in [0.3, 0.4) is 0 Å². The van der Waals surface area contributed by atoms with Crippen LogP contribution >= 0.6 is 11.6 Å². The van der Waals surface area contributed by atoms with Crippen molar-refractivity contribution in [3.8, 4) is 5.69 Å². The van der Waals surface area contributed by atoms with Gasteiger partial charge in [0.2, 0.25) is 0 Å². The predicted molar refractivity (Wildman–Crippen MR) is 136 cm³/mol. The van der Waals surface area contributed by atoms with Crippen molar-refractivity contribution >= 4 is 34.5 Å². The number of carbonyl (C=O) groups is 2. The van der Waals surface area contributed by atoms with Crippen molar-refractivity contribution in [3.63, 3.8) is 0 Å². The standard InChI is InChI=1S/C27H27ClN4O3/c1-5-35-24(33)15-22(19-12-10-16(2)11-13-19)30-27(34)20-14-17(3)29-26-25(20)18(4)31-32(26)23-9-7-6-8-21(23)28/h6-14,22H,5,15H2,1-4H3,(H,30,34)/t22-/m1/s1. The summed E-state index contributed by atoms with van der Waals surface area (Å²) in [5, 5.41) is 8.83. The summed E-state index contributed by atoms with van der Waals surface area (Å²) in [6.07, 6.45) is 0.0215. The van der Waals surface area contributed by atoms with Crippen LogP contribution in [0, 0.1) is 20.8 Å². The topological polar surface area (TPSA) is 86.1 Å². The monoisotopic (exact) mass is 490 g/mol. The highest BCUT2D eigenvalue weighted by Gasteiger charge is 2.24. The molecule has 7 nitrogen and oxygen atoms in total. The Bertz CT molecular complexity index is 1400. The Morgan fingerprint density at radius 2 is 1.80 bits per heavy atom. The normalized spacial score (nSPS) is 11.9. The van der Waals surface area contributed by atoms with Gasteiger partial charge in [-0.1, -0.05) is 53.6 Å². The number of aromatic nitrogens is 3. The first-order valence-corrected chi connectivity index (χ1v) is 11.8. The molecule has 1 amide bonds. The Kier molecular flexibility index (Phi) is 7.17. The number of nitrogens with one attached hydrogen (secondary N) is 1. The molecular weight excluding hydrogens is 464 g/mol. The number of ether oxygens (including phenoxy) is 1. The van der Waals surface area contributed by atoms with Gasteiger partial charge in [-0.2, -0.15) is 5.10 Å². The van der Waals surface area contributed by atoms with E-state index in [1.165, 1.54) is 0 Å². The largest absolute Gasteiger partial charge is 0.466 e. The zero-order valence-electron chi connectivity index (χ0n) is 20.1. The number of halogens is 1. The molecule has 2 aromatic heterocycles. The number of aryl methyl sites for hydroxylation is 3. The van der Waals surface area contributed by atoms with Crippen molar-refractivity contribution in [3.05, 3.63) is 87.7 Å². The smallest absolute Gasteiger partial charge is 0.308 e. The zero-order chi connectivity index (χ0) is 25.1. The Morgan fingerprint density at radius 3 is 2.49 bits per heavy atom. The van der Waals surface area contributed by atoms with E-state index in [2.05, 4.69) is 15.4 Å². The summed E-state index contributed by atoms with van der Waals surface area (Å²) in [6, 6.07) is 16.3. The minimum Gasteiger partial charge on any atom is -0.466 e. The molecule has 1 atom stereocenters. The van der Waals surface area contributed by atoms with Gasteiger partial charge in [-0.3, -0.25) is 9.59 Å². The molecule has 1 N–H and O–H groups in total. The lowest BCUT2D eigenvalue weighted by Crippen LogP contribution is -2.31.